The third kappa shape index (κ3) is 4.51. The van der Waals surface area contributed by atoms with Crippen molar-refractivity contribution in [3.63, 3.8) is 0 Å². The molecule has 1 rings (SSSR count). The van der Waals surface area contributed by atoms with Crippen molar-refractivity contribution in [3.8, 4) is 0 Å². The lowest BCUT2D eigenvalue weighted by molar-refractivity contribution is 0.519. The van der Waals surface area contributed by atoms with Crippen LogP contribution in [-0.2, 0) is 11.4 Å². The summed E-state index contributed by atoms with van der Waals surface area (Å²) in [7, 11) is 0. The van der Waals surface area contributed by atoms with Gasteiger partial charge in [-0.15, -0.1) is 4.72 Å². The van der Waals surface area contributed by atoms with Crippen LogP contribution in [-0.4, -0.2) is 9.30 Å². The van der Waals surface area contributed by atoms with Gasteiger partial charge in [-0.05, 0) is 44.9 Å². The maximum Gasteiger partial charge on any atom is 0.136 e. The van der Waals surface area contributed by atoms with Gasteiger partial charge in [0.1, 0.15) is 4.75 Å². The van der Waals surface area contributed by atoms with E-state index in [0.717, 1.165) is 12.0 Å². The zero-order chi connectivity index (χ0) is 13.1. The molecule has 0 aliphatic heterocycles. The maximum atomic E-state index is 12.1. The van der Waals surface area contributed by atoms with Gasteiger partial charge in [-0.25, -0.2) is 0 Å². The zero-order valence-corrected chi connectivity index (χ0v) is 12.4. The molecule has 0 amide bonds. The van der Waals surface area contributed by atoms with Crippen molar-refractivity contribution in [1.29, 1.82) is 0 Å². The molecule has 0 spiro atoms. The fourth-order valence-electron chi connectivity index (χ4n) is 1.42. The molecule has 0 aromatic heterocycles. The van der Waals surface area contributed by atoms with E-state index in [2.05, 4.69) is 11.6 Å². The molecule has 96 valence electrons. The molecule has 0 aliphatic carbocycles. The predicted octanol–water partition coefficient (Wildman–Crippen LogP) is 3.84. The van der Waals surface area contributed by atoms with E-state index in [1.807, 2.05) is 45.0 Å². The molecule has 0 aliphatic rings. The standard InChI is InChI=1S/C13H20ClNOS/c1-5-12(15-17(16)13(2,3)4)10-7-6-8-11(14)9-10/h6-9,12,15H,5H2,1-4H3. The fourth-order valence-corrected chi connectivity index (χ4v) is 2.53. The summed E-state index contributed by atoms with van der Waals surface area (Å²) in [6, 6.07) is 7.77. The van der Waals surface area contributed by atoms with E-state index >= 15 is 0 Å². The molecule has 0 heterocycles. The third-order valence-corrected chi connectivity index (χ3v) is 4.31. The van der Waals surface area contributed by atoms with E-state index in [-0.39, 0.29) is 10.8 Å². The lowest BCUT2D eigenvalue weighted by Gasteiger charge is -2.27. The Bertz CT molecular complexity index is 365. The predicted molar refractivity (Wildman–Crippen MR) is 75.5 cm³/mol. The van der Waals surface area contributed by atoms with E-state index in [0.29, 0.717) is 5.02 Å². The van der Waals surface area contributed by atoms with Gasteiger partial charge in [0, 0.05) is 16.4 Å². The molecule has 17 heavy (non-hydrogen) atoms. The lowest BCUT2D eigenvalue weighted by Crippen LogP contribution is -2.41. The van der Waals surface area contributed by atoms with Crippen LogP contribution in [0.15, 0.2) is 24.3 Å². The van der Waals surface area contributed by atoms with Crippen molar-refractivity contribution in [2.24, 2.45) is 0 Å². The summed E-state index contributed by atoms with van der Waals surface area (Å²) in [4.78, 5) is 0. The highest BCUT2D eigenvalue weighted by Gasteiger charge is 2.29. The second-order valence-corrected chi connectivity index (χ2v) is 7.45. The Kier molecular flexibility index (Phi) is 5.32. The molecule has 1 aromatic carbocycles. The highest BCUT2D eigenvalue weighted by Crippen LogP contribution is 2.24. The topological polar surface area (TPSA) is 35.1 Å². The van der Waals surface area contributed by atoms with Gasteiger partial charge in [0.25, 0.3) is 0 Å². The van der Waals surface area contributed by atoms with Crippen molar-refractivity contribution >= 4 is 23.0 Å². The first-order chi connectivity index (χ1) is 7.84. The molecule has 1 aromatic rings. The van der Waals surface area contributed by atoms with Gasteiger partial charge in [0.05, 0.1) is 6.04 Å². The van der Waals surface area contributed by atoms with Crippen molar-refractivity contribution in [3.05, 3.63) is 34.9 Å². The summed E-state index contributed by atoms with van der Waals surface area (Å²) >= 11 is 4.90. The minimum Gasteiger partial charge on any atom is -0.598 e. The molecule has 2 unspecified atom stereocenters. The van der Waals surface area contributed by atoms with Crippen LogP contribution in [0.3, 0.4) is 0 Å². The normalized spacial score (nSPS) is 15.6. The Morgan fingerprint density at radius 1 is 1.41 bits per heavy atom. The largest absolute Gasteiger partial charge is 0.598 e. The van der Waals surface area contributed by atoms with Crippen LogP contribution in [0.4, 0.5) is 0 Å². The highest BCUT2D eigenvalue weighted by molar-refractivity contribution is 7.90. The van der Waals surface area contributed by atoms with Crippen molar-refractivity contribution in [1.82, 2.24) is 4.72 Å². The summed E-state index contributed by atoms with van der Waals surface area (Å²) in [5.74, 6) is 0. The molecule has 0 radical (unpaired) electrons. The summed E-state index contributed by atoms with van der Waals surface area (Å²) in [5.41, 5.74) is 1.08. The molecule has 2 nitrogen and oxygen atoms in total. The quantitative estimate of drug-likeness (QED) is 0.846. The molecule has 2 atom stereocenters. The Morgan fingerprint density at radius 3 is 2.53 bits per heavy atom. The van der Waals surface area contributed by atoms with Crippen LogP contribution in [0.2, 0.25) is 5.02 Å². The van der Waals surface area contributed by atoms with Gasteiger partial charge in [-0.1, -0.05) is 30.7 Å². The smallest absolute Gasteiger partial charge is 0.136 e. The highest BCUT2D eigenvalue weighted by atomic mass is 35.5. The maximum absolute atomic E-state index is 12.1. The van der Waals surface area contributed by atoms with E-state index in [4.69, 9.17) is 11.6 Å². The summed E-state index contributed by atoms with van der Waals surface area (Å²) in [6.07, 6.45) is 0.877. The van der Waals surface area contributed by atoms with Gasteiger partial charge in [0.2, 0.25) is 0 Å². The Hall–Kier alpha value is -0.220. The Labute approximate surface area is 112 Å². The van der Waals surface area contributed by atoms with E-state index in [1.54, 1.807) is 0 Å². The number of nitrogens with one attached hydrogen (secondary N) is 1. The van der Waals surface area contributed by atoms with Crippen LogP contribution in [0, 0.1) is 0 Å². The molecule has 0 saturated heterocycles. The van der Waals surface area contributed by atoms with E-state index < -0.39 is 11.4 Å². The third-order valence-electron chi connectivity index (χ3n) is 2.46. The summed E-state index contributed by atoms with van der Waals surface area (Å²) in [6.45, 7) is 7.95. The minimum atomic E-state index is -1.07. The summed E-state index contributed by atoms with van der Waals surface area (Å²) in [5, 5.41) is 0.712. The zero-order valence-electron chi connectivity index (χ0n) is 10.8. The first-order valence-corrected chi connectivity index (χ1v) is 7.31. The molecule has 0 saturated carbocycles. The number of rotatable bonds is 4. The number of halogens is 1. The van der Waals surface area contributed by atoms with Crippen molar-refractivity contribution < 1.29 is 4.55 Å². The van der Waals surface area contributed by atoms with Crippen LogP contribution in [0.25, 0.3) is 0 Å². The van der Waals surface area contributed by atoms with Crippen LogP contribution in [0.1, 0.15) is 45.7 Å². The number of benzene rings is 1. The van der Waals surface area contributed by atoms with Gasteiger partial charge < -0.3 is 4.55 Å². The lowest BCUT2D eigenvalue weighted by atomic mass is 10.1. The van der Waals surface area contributed by atoms with Crippen LogP contribution in [0.5, 0.6) is 0 Å². The van der Waals surface area contributed by atoms with Crippen molar-refractivity contribution in [2.45, 2.75) is 44.9 Å². The van der Waals surface area contributed by atoms with Crippen molar-refractivity contribution in [2.75, 3.05) is 0 Å². The average molecular weight is 274 g/mol. The molecule has 0 bridgehead atoms. The fraction of sp³-hybridized carbons (Fsp3) is 0.538. The van der Waals surface area contributed by atoms with E-state index in [9.17, 15) is 4.55 Å². The van der Waals surface area contributed by atoms with Crippen LogP contribution < -0.4 is 4.72 Å². The molecular formula is C13H20ClNOS. The van der Waals surface area contributed by atoms with Crippen LogP contribution >= 0.6 is 11.6 Å². The monoisotopic (exact) mass is 273 g/mol. The number of hydrogen-bond donors (Lipinski definition) is 1. The average Bonchev–Trinajstić information content (AvgIpc) is 2.24. The first kappa shape index (κ1) is 14.8. The Balaban J connectivity index is 2.79. The molecule has 0 fully saturated rings. The molecule has 4 heteroatoms. The molecular weight excluding hydrogens is 254 g/mol. The minimum absolute atomic E-state index is 0.0776. The van der Waals surface area contributed by atoms with Gasteiger partial charge in [0.15, 0.2) is 0 Å². The van der Waals surface area contributed by atoms with Gasteiger partial charge in [-0.3, -0.25) is 0 Å². The first-order valence-electron chi connectivity index (χ1n) is 5.78. The van der Waals surface area contributed by atoms with Gasteiger partial charge in [-0.2, -0.15) is 0 Å². The Morgan fingerprint density at radius 2 is 2.06 bits per heavy atom. The second kappa shape index (κ2) is 6.10. The second-order valence-electron chi connectivity index (χ2n) is 5.01. The molecule has 1 N–H and O–H groups in total. The van der Waals surface area contributed by atoms with Gasteiger partial charge >= 0.3 is 0 Å². The summed E-state index contributed by atoms with van der Waals surface area (Å²) < 4.78 is 15.0. The number of hydrogen-bond acceptors (Lipinski definition) is 2. The SMILES string of the molecule is CCC(N[S+]([O-])C(C)(C)C)c1cccc(Cl)c1. The van der Waals surface area contributed by atoms with E-state index in [1.165, 1.54) is 0 Å².